The molecule has 0 radical (unpaired) electrons. The van der Waals surface area contributed by atoms with Gasteiger partial charge in [-0.2, -0.15) is 0 Å². The third kappa shape index (κ3) is 2.71. The van der Waals surface area contributed by atoms with Crippen LogP contribution in [0.15, 0.2) is 30.5 Å². The van der Waals surface area contributed by atoms with Crippen LogP contribution in [-0.4, -0.2) is 40.2 Å². The van der Waals surface area contributed by atoms with E-state index in [4.69, 9.17) is 9.72 Å². The molecule has 1 saturated carbocycles. The molecule has 1 spiro atoms. The fourth-order valence-corrected chi connectivity index (χ4v) is 5.29. The zero-order valence-corrected chi connectivity index (χ0v) is 15.8. The van der Waals surface area contributed by atoms with E-state index in [-0.39, 0.29) is 5.54 Å². The fraction of sp³-hybridized carbons (Fsp3) is 0.591. The molecular weight excluding hydrogens is 322 g/mol. The molecule has 2 aromatic rings. The highest BCUT2D eigenvalue weighted by Crippen LogP contribution is 2.40. The van der Waals surface area contributed by atoms with E-state index >= 15 is 0 Å². The van der Waals surface area contributed by atoms with Crippen molar-refractivity contribution in [3.8, 4) is 11.3 Å². The van der Waals surface area contributed by atoms with Crippen molar-refractivity contribution in [3.63, 3.8) is 0 Å². The van der Waals surface area contributed by atoms with Crippen molar-refractivity contribution in [2.24, 2.45) is 0 Å². The molecule has 5 rings (SSSR count). The number of hydrogen-bond donors (Lipinski definition) is 0. The maximum Gasteiger partial charge on any atom is 0.135 e. The lowest BCUT2D eigenvalue weighted by Gasteiger charge is -2.47. The predicted octanol–water partition coefficient (Wildman–Crippen LogP) is 4.12. The predicted molar refractivity (Wildman–Crippen MR) is 103 cm³/mol. The molecule has 2 fully saturated rings. The average molecular weight is 351 g/mol. The smallest absolute Gasteiger partial charge is 0.135 e. The first-order valence-corrected chi connectivity index (χ1v) is 10.2. The molecule has 3 heterocycles. The van der Waals surface area contributed by atoms with Crippen LogP contribution in [-0.2, 0) is 16.9 Å². The van der Waals surface area contributed by atoms with Gasteiger partial charge in [0.2, 0.25) is 0 Å². The summed E-state index contributed by atoms with van der Waals surface area (Å²) in [6.45, 7) is 6.00. The summed E-state index contributed by atoms with van der Waals surface area (Å²) in [7, 11) is 0. The van der Waals surface area contributed by atoms with E-state index in [1.807, 2.05) is 0 Å². The first kappa shape index (κ1) is 16.5. The van der Waals surface area contributed by atoms with E-state index < -0.39 is 0 Å². The number of benzene rings is 1. The highest BCUT2D eigenvalue weighted by Gasteiger charge is 2.43. The van der Waals surface area contributed by atoms with Gasteiger partial charge in [0.15, 0.2) is 0 Å². The highest BCUT2D eigenvalue weighted by atomic mass is 16.5. The topological polar surface area (TPSA) is 30.3 Å². The summed E-state index contributed by atoms with van der Waals surface area (Å²) in [5.41, 5.74) is 3.92. The van der Waals surface area contributed by atoms with Crippen molar-refractivity contribution < 1.29 is 4.74 Å². The second kappa shape index (κ2) is 6.50. The first-order chi connectivity index (χ1) is 12.8. The van der Waals surface area contributed by atoms with E-state index in [1.165, 1.54) is 68.4 Å². The molecule has 138 valence electrons. The Labute approximate surface area is 156 Å². The van der Waals surface area contributed by atoms with Crippen LogP contribution in [0.3, 0.4) is 0 Å². The molecule has 1 aromatic heterocycles. The van der Waals surface area contributed by atoms with Gasteiger partial charge in [0.25, 0.3) is 0 Å². The molecule has 2 aliphatic heterocycles. The Morgan fingerprint density at radius 2 is 1.81 bits per heavy atom. The van der Waals surface area contributed by atoms with Gasteiger partial charge in [-0.15, -0.1) is 0 Å². The standard InChI is InChI=1S/C22H29N3O/c1-17-6-8-18(9-7-17)20-14-23-21-15-26-16-22(25(20)21)10-12-24(13-11-22)19-4-2-3-5-19/h6-9,14,19H,2-5,10-13,15-16H2,1H3. The summed E-state index contributed by atoms with van der Waals surface area (Å²) >= 11 is 0. The number of likely N-dealkylation sites (tertiary alicyclic amines) is 1. The minimum absolute atomic E-state index is 0.0827. The molecule has 0 unspecified atom stereocenters. The summed E-state index contributed by atoms with van der Waals surface area (Å²) < 4.78 is 8.55. The monoisotopic (exact) mass is 351 g/mol. The summed E-state index contributed by atoms with van der Waals surface area (Å²) in [4.78, 5) is 7.47. The molecule has 3 aliphatic rings. The Bertz CT molecular complexity index is 765. The molecule has 0 amide bonds. The zero-order chi connectivity index (χ0) is 17.6. The Morgan fingerprint density at radius 1 is 1.08 bits per heavy atom. The van der Waals surface area contributed by atoms with Crippen molar-refractivity contribution in [1.29, 1.82) is 0 Å². The Kier molecular flexibility index (Phi) is 4.13. The number of piperidine rings is 1. The molecule has 0 N–H and O–H groups in total. The maximum atomic E-state index is 6.02. The van der Waals surface area contributed by atoms with Crippen molar-refractivity contribution >= 4 is 0 Å². The third-order valence-corrected chi connectivity index (χ3v) is 6.83. The molecule has 4 nitrogen and oxygen atoms in total. The highest BCUT2D eigenvalue weighted by molar-refractivity contribution is 5.60. The van der Waals surface area contributed by atoms with Gasteiger partial charge >= 0.3 is 0 Å². The van der Waals surface area contributed by atoms with Gasteiger partial charge in [-0.3, -0.25) is 0 Å². The zero-order valence-electron chi connectivity index (χ0n) is 15.8. The molecule has 1 aliphatic carbocycles. The van der Waals surface area contributed by atoms with Gasteiger partial charge in [-0.1, -0.05) is 42.7 Å². The lowest BCUT2D eigenvalue weighted by molar-refractivity contribution is -0.0361. The van der Waals surface area contributed by atoms with Crippen LogP contribution in [0.5, 0.6) is 0 Å². The lowest BCUT2D eigenvalue weighted by atomic mass is 9.85. The maximum absolute atomic E-state index is 6.02. The lowest BCUT2D eigenvalue weighted by Crippen LogP contribution is -2.53. The van der Waals surface area contributed by atoms with Gasteiger partial charge in [0, 0.05) is 19.1 Å². The number of rotatable bonds is 2. The molecule has 1 saturated heterocycles. The van der Waals surface area contributed by atoms with Crippen molar-refractivity contribution in [3.05, 3.63) is 41.9 Å². The van der Waals surface area contributed by atoms with E-state index in [9.17, 15) is 0 Å². The van der Waals surface area contributed by atoms with Crippen LogP contribution in [0.2, 0.25) is 0 Å². The number of nitrogens with zero attached hydrogens (tertiary/aromatic N) is 3. The SMILES string of the molecule is Cc1ccc(-c2cnc3n2C2(CCN(C4CCCC4)CC2)COC3)cc1. The van der Waals surface area contributed by atoms with Crippen LogP contribution >= 0.6 is 0 Å². The van der Waals surface area contributed by atoms with Crippen molar-refractivity contribution in [1.82, 2.24) is 14.5 Å². The molecule has 26 heavy (non-hydrogen) atoms. The number of aromatic nitrogens is 2. The van der Waals surface area contributed by atoms with Crippen LogP contribution in [0.4, 0.5) is 0 Å². The quantitative estimate of drug-likeness (QED) is 0.815. The molecule has 4 heteroatoms. The summed E-state index contributed by atoms with van der Waals surface area (Å²) in [6, 6.07) is 9.69. The van der Waals surface area contributed by atoms with Gasteiger partial charge in [0.05, 0.1) is 24.0 Å². The number of imidazole rings is 1. The molecule has 0 bridgehead atoms. The van der Waals surface area contributed by atoms with Crippen LogP contribution in [0.25, 0.3) is 11.3 Å². The van der Waals surface area contributed by atoms with Crippen LogP contribution in [0, 0.1) is 6.92 Å². The van der Waals surface area contributed by atoms with E-state index in [2.05, 4.69) is 46.9 Å². The van der Waals surface area contributed by atoms with Gasteiger partial charge in [0.1, 0.15) is 12.4 Å². The largest absolute Gasteiger partial charge is 0.371 e. The Balaban J connectivity index is 1.46. The van der Waals surface area contributed by atoms with Crippen LogP contribution < -0.4 is 0 Å². The van der Waals surface area contributed by atoms with Crippen molar-refractivity contribution in [2.75, 3.05) is 19.7 Å². The number of fused-ring (bicyclic) bond motifs is 2. The molecular formula is C22H29N3O. The van der Waals surface area contributed by atoms with Crippen molar-refractivity contribution in [2.45, 2.75) is 63.6 Å². The van der Waals surface area contributed by atoms with Gasteiger partial charge in [-0.05, 0) is 38.2 Å². The normalized spacial score (nSPS) is 23.4. The number of ether oxygens (including phenoxy) is 1. The second-order valence-electron chi connectivity index (χ2n) is 8.45. The minimum atomic E-state index is 0.0827. The first-order valence-electron chi connectivity index (χ1n) is 10.2. The van der Waals surface area contributed by atoms with Gasteiger partial charge in [-0.25, -0.2) is 4.98 Å². The number of aryl methyl sites for hydroxylation is 1. The molecule has 0 atom stereocenters. The summed E-state index contributed by atoms with van der Waals surface area (Å²) in [5, 5.41) is 0. The Morgan fingerprint density at radius 3 is 2.54 bits per heavy atom. The second-order valence-corrected chi connectivity index (χ2v) is 8.45. The third-order valence-electron chi connectivity index (χ3n) is 6.83. The van der Waals surface area contributed by atoms with E-state index in [1.54, 1.807) is 0 Å². The molecule has 1 aromatic carbocycles. The van der Waals surface area contributed by atoms with Crippen LogP contribution in [0.1, 0.15) is 49.9 Å². The minimum Gasteiger partial charge on any atom is -0.371 e. The summed E-state index contributed by atoms with van der Waals surface area (Å²) in [5.74, 6) is 1.10. The van der Waals surface area contributed by atoms with E-state index in [0.29, 0.717) is 6.61 Å². The average Bonchev–Trinajstić information content (AvgIpc) is 3.34. The van der Waals surface area contributed by atoms with Gasteiger partial charge < -0.3 is 14.2 Å². The Hall–Kier alpha value is -1.65. The fourth-order valence-electron chi connectivity index (χ4n) is 5.29. The summed E-state index contributed by atoms with van der Waals surface area (Å²) in [6.07, 6.45) is 10.0. The number of hydrogen-bond acceptors (Lipinski definition) is 3. The van der Waals surface area contributed by atoms with E-state index in [0.717, 1.165) is 18.5 Å².